The molecule has 2 aromatic carbocycles. The maximum atomic E-state index is 4.53. The molecule has 2 heteroatoms. The first kappa shape index (κ1) is 14.5. The van der Waals surface area contributed by atoms with Gasteiger partial charge in [0.2, 0.25) is 0 Å². The van der Waals surface area contributed by atoms with Crippen LogP contribution in [-0.2, 0) is 0 Å². The largest absolute Gasteiger partial charge is 0.236 e. The summed E-state index contributed by atoms with van der Waals surface area (Å²) < 4.78 is 0. The van der Waals surface area contributed by atoms with Gasteiger partial charge in [0.05, 0.1) is 11.4 Å². The fraction of sp³-hybridized carbons (Fsp3) is 0.200. The lowest BCUT2D eigenvalue weighted by molar-refractivity contribution is 0.866. The van der Waals surface area contributed by atoms with E-state index in [1.807, 2.05) is 18.2 Å². The van der Waals surface area contributed by atoms with Crippen molar-refractivity contribution in [2.45, 2.75) is 26.7 Å². The second-order valence-corrected chi connectivity index (χ2v) is 5.85. The average molecular weight is 288 g/mol. The first-order valence-electron chi connectivity index (χ1n) is 7.64. The molecule has 0 atom stereocenters. The number of aryl methyl sites for hydroxylation is 1. The van der Waals surface area contributed by atoms with Gasteiger partial charge in [-0.2, -0.15) is 0 Å². The van der Waals surface area contributed by atoms with Crippen molar-refractivity contribution < 1.29 is 0 Å². The third-order valence-electron chi connectivity index (χ3n) is 3.92. The molecule has 0 aliphatic rings. The third-order valence-corrected chi connectivity index (χ3v) is 3.92. The van der Waals surface area contributed by atoms with Crippen molar-refractivity contribution in [3.05, 3.63) is 72.1 Å². The van der Waals surface area contributed by atoms with E-state index in [0.717, 1.165) is 17.0 Å². The molecule has 1 heterocycles. The highest BCUT2D eigenvalue weighted by Crippen LogP contribution is 2.32. The van der Waals surface area contributed by atoms with Crippen LogP contribution in [-0.4, -0.2) is 9.97 Å². The van der Waals surface area contributed by atoms with E-state index in [1.54, 1.807) is 6.33 Å². The van der Waals surface area contributed by atoms with Gasteiger partial charge in [0.15, 0.2) is 0 Å². The number of benzene rings is 2. The Morgan fingerprint density at radius 2 is 1.55 bits per heavy atom. The summed E-state index contributed by atoms with van der Waals surface area (Å²) in [6.07, 6.45) is 1.66. The van der Waals surface area contributed by atoms with E-state index in [0.29, 0.717) is 5.92 Å². The molecule has 0 aliphatic heterocycles. The predicted octanol–water partition coefficient (Wildman–Crippen LogP) is 5.24. The van der Waals surface area contributed by atoms with Gasteiger partial charge < -0.3 is 0 Å². The van der Waals surface area contributed by atoms with Gasteiger partial charge >= 0.3 is 0 Å². The van der Waals surface area contributed by atoms with Crippen LogP contribution < -0.4 is 0 Å². The third kappa shape index (κ3) is 2.77. The second-order valence-electron chi connectivity index (χ2n) is 5.85. The number of nitrogens with zero attached hydrogens (tertiary/aromatic N) is 2. The molecule has 22 heavy (non-hydrogen) atoms. The van der Waals surface area contributed by atoms with Crippen molar-refractivity contribution in [1.82, 2.24) is 9.97 Å². The van der Waals surface area contributed by atoms with Crippen LogP contribution >= 0.6 is 0 Å². The lowest BCUT2D eigenvalue weighted by Crippen LogP contribution is -1.98. The Kier molecular flexibility index (Phi) is 4.01. The standard InChI is InChI=1S/C20H20N2/c1-14(2)17-11-7-8-15(3)20(17)19-12-18(21-13-22-19)16-9-5-4-6-10-16/h4-14H,1-3H3. The van der Waals surface area contributed by atoms with Crippen molar-refractivity contribution in [3.63, 3.8) is 0 Å². The van der Waals surface area contributed by atoms with Crippen molar-refractivity contribution in [3.8, 4) is 22.5 Å². The van der Waals surface area contributed by atoms with Crippen LogP contribution in [0.2, 0.25) is 0 Å². The van der Waals surface area contributed by atoms with E-state index in [4.69, 9.17) is 0 Å². The van der Waals surface area contributed by atoms with E-state index in [9.17, 15) is 0 Å². The lowest BCUT2D eigenvalue weighted by Gasteiger charge is -2.15. The summed E-state index contributed by atoms with van der Waals surface area (Å²) >= 11 is 0. The topological polar surface area (TPSA) is 25.8 Å². The van der Waals surface area contributed by atoms with Crippen LogP contribution in [0.5, 0.6) is 0 Å². The van der Waals surface area contributed by atoms with Gasteiger partial charge in [-0.1, -0.05) is 62.4 Å². The number of hydrogen-bond donors (Lipinski definition) is 0. The molecule has 1 aromatic heterocycles. The van der Waals surface area contributed by atoms with Crippen molar-refractivity contribution >= 4 is 0 Å². The Morgan fingerprint density at radius 3 is 2.27 bits per heavy atom. The number of hydrogen-bond acceptors (Lipinski definition) is 2. The summed E-state index contributed by atoms with van der Waals surface area (Å²) in [6, 6.07) is 18.8. The molecule has 0 aliphatic carbocycles. The Balaban J connectivity index is 2.15. The molecule has 110 valence electrons. The molecule has 0 N–H and O–H groups in total. The van der Waals surface area contributed by atoms with Crippen molar-refractivity contribution in [1.29, 1.82) is 0 Å². The van der Waals surface area contributed by atoms with Gasteiger partial charge in [0, 0.05) is 11.1 Å². The molecule has 3 aromatic rings. The summed E-state index contributed by atoms with van der Waals surface area (Å²) in [5.74, 6) is 0.463. The van der Waals surface area contributed by atoms with E-state index in [1.165, 1.54) is 16.7 Å². The molecule has 0 bridgehead atoms. The Hall–Kier alpha value is -2.48. The Bertz CT molecular complexity index is 777. The smallest absolute Gasteiger partial charge is 0.116 e. The fourth-order valence-electron chi connectivity index (χ4n) is 2.78. The summed E-state index contributed by atoms with van der Waals surface area (Å²) in [5.41, 5.74) is 6.89. The molecule has 0 saturated carbocycles. The Labute approximate surface area is 131 Å². The van der Waals surface area contributed by atoms with Crippen LogP contribution in [0.1, 0.15) is 30.9 Å². The average Bonchev–Trinajstić information content (AvgIpc) is 2.55. The van der Waals surface area contributed by atoms with Gasteiger partial charge in [-0.15, -0.1) is 0 Å². The van der Waals surface area contributed by atoms with Gasteiger partial charge in [0.1, 0.15) is 6.33 Å². The first-order chi connectivity index (χ1) is 10.7. The fourth-order valence-corrected chi connectivity index (χ4v) is 2.78. The van der Waals surface area contributed by atoms with Crippen LogP contribution in [0.15, 0.2) is 60.9 Å². The summed E-state index contributed by atoms with van der Waals surface area (Å²) in [6.45, 7) is 6.58. The van der Waals surface area contributed by atoms with E-state index >= 15 is 0 Å². The summed E-state index contributed by atoms with van der Waals surface area (Å²) in [5, 5.41) is 0. The van der Waals surface area contributed by atoms with E-state index in [2.05, 4.69) is 67.1 Å². The summed E-state index contributed by atoms with van der Waals surface area (Å²) in [4.78, 5) is 8.96. The normalized spacial score (nSPS) is 10.9. The zero-order valence-electron chi connectivity index (χ0n) is 13.2. The van der Waals surface area contributed by atoms with Crippen LogP contribution in [0.25, 0.3) is 22.5 Å². The van der Waals surface area contributed by atoms with Gasteiger partial charge in [-0.25, -0.2) is 9.97 Å². The van der Waals surface area contributed by atoms with Gasteiger partial charge in [-0.05, 0) is 30.0 Å². The first-order valence-corrected chi connectivity index (χ1v) is 7.64. The molecular formula is C20H20N2. The van der Waals surface area contributed by atoms with Crippen LogP contribution in [0, 0.1) is 6.92 Å². The molecule has 0 unspecified atom stereocenters. The minimum Gasteiger partial charge on any atom is -0.236 e. The van der Waals surface area contributed by atoms with Crippen molar-refractivity contribution in [2.24, 2.45) is 0 Å². The van der Waals surface area contributed by atoms with Gasteiger partial charge in [-0.3, -0.25) is 0 Å². The highest BCUT2D eigenvalue weighted by Gasteiger charge is 2.13. The monoisotopic (exact) mass is 288 g/mol. The highest BCUT2D eigenvalue weighted by atomic mass is 14.8. The molecule has 0 amide bonds. The zero-order valence-corrected chi connectivity index (χ0v) is 13.2. The number of aromatic nitrogens is 2. The van der Waals surface area contributed by atoms with E-state index in [-0.39, 0.29) is 0 Å². The maximum absolute atomic E-state index is 4.53. The highest BCUT2D eigenvalue weighted by molar-refractivity contribution is 5.72. The summed E-state index contributed by atoms with van der Waals surface area (Å²) in [7, 11) is 0. The van der Waals surface area contributed by atoms with Gasteiger partial charge in [0.25, 0.3) is 0 Å². The molecular weight excluding hydrogens is 268 g/mol. The predicted molar refractivity (Wildman–Crippen MR) is 91.7 cm³/mol. The quantitative estimate of drug-likeness (QED) is 0.658. The molecule has 0 saturated heterocycles. The minimum absolute atomic E-state index is 0.463. The van der Waals surface area contributed by atoms with E-state index < -0.39 is 0 Å². The van der Waals surface area contributed by atoms with Crippen LogP contribution in [0.3, 0.4) is 0 Å². The molecule has 3 rings (SSSR count). The zero-order chi connectivity index (χ0) is 15.5. The van der Waals surface area contributed by atoms with Crippen LogP contribution in [0.4, 0.5) is 0 Å². The molecule has 0 spiro atoms. The maximum Gasteiger partial charge on any atom is 0.116 e. The lowest BCUT2D eigenvalue weighted by atomic mass is 9.91. The molecule has 0 fully saturated rings. The molecule has 2 nitrogen and oxygen atoms in total. The minimum atomic E-state index is 0.463. The number of rotatable bonds is 3. The SMILES string of the molecule is Cc1cccc(C(C)C)c1-c1cc(-c2ccccc2)ncn1. The van der Waals surface area contributed by atoms with Crippen molar-refractivity contribution in [2.75, 3.05) is 0 Å². The molecule has 0 radical (unpaired) electrons. The Morgan fingerprint density at radius 1 is 0.818 bits per heavy atom. The second kappa shape index (κ2) is 6.10.